The summed E-state index contributed by atoms with van der Waals surface area (Å²) in [6.45, 7) is 0.395. The Labute approximate surface area is 183 Å². The maximum absolute atomic E-state index is 12.3. The Hall–Kier alpha value is -3.92. The summed E-state index contributed by atoms with van der Waals surface area (Å²) in [4.78, 5) is 25.1. The Bertz CT molecular complexity index is 1190. The molecule has 0 bridgehead atoms. The molecule has 1 atom stereocenters. The SMILES string of the molecule is COc1c(OCC(=O)N2CCC(O)C2)ccc(C=Cc2n[nH]c3ccccc23)c1[N+](=O)[O-]. The molecule has 1 aliphatic heterocycles. The van der Waals surface area contributed by atoms with Crippen LogP contribution < -0.4 is 9.47 Å². The van der Waals surface area contributed by atoms with Crippen molar-refractivity contribution in [3.63, 3.8) is 0 Å². The van der Waals surface area contributed by atoms with Crippen LogP contribution in [0.4, 0.5) is 5.69 Å². The number of benzene rings is 2. The van der Waals surface area contributed by atoms with Crippen LogP contribution in [0.3, 0.4) is 0 Å². The number of aromatic amines is 1. The van der Waals surface area contributed by atoms with Crippen molar-refractivity contribution in [2.24, 2.45) is 0 Å². The third-order valence-electron chi connectivity index (χ3n) is 5.30. The van der Waals surface area contributed by atoms with Crippen molar-refractivity contribution >= 4 is 34.6 Å². The molecular weight excluding hydrogens is 416 g/mol. The molecule has 1 fully saturated rings. The van der Waals surface area contributed by atoms with E-state index in [0.717, 1.165) is 10.9 Å². The molecule has 2 N–H and O–H groups in total. The summed E-state index contributed by atoms with van der Waals surface area (Å²) in [7, 11) is 1.31. The van der Waals surface area contributed by atoms with Crippen molar-refractivity contribution in [3.8, 4) is 11.5 Å². The highest BCUT2D eigenvalue weighted by atomic mass is 16.6. The monoisotopic (exact) mass is 438 g/mol. The van der Waals surface area contributed by atoms with E-state index in [9.17, 15) is 20.0 Å². The minimum Gasteiger partial charge on any atom is -0.488 e. The number of nitrogens with zero attached hydrogens (tertiary/aromatic N) is 3. The molecule has 2 heterocycles. The highest BCUT2D eigenvalue weighted by Gasteiger charge is 2.27. The second-order valence-corrected chi connectivity index (χ2v) is 7.35. The van der Waals surface area contributed by atoms with E-state index in [2.05, 4.69) is 10.2 Å². The molecule has 1 amide bonds. The van der Waals surface area contributed by atoms with Gasteiger partial charge in [-0.15, -0.1) is 0 Å². The van der Waals surface area contributed by atoms with Crippen molar-refractivity contribution in [1.29, 1.82) is 0 Å². The van der Waals surface area contributed by atoms with E-state index in [4.69, 9.17) is 9.47 Å². The summed E-state index contributed by atoms with van der Waals surface area (Å²) in [5.41, 5.74) is 1.54. The number of carbonyl (C=O) groups excluding carboxylic acids is 1. The molecule has 0 radical (unpaired) electrons. The standard InChI is InChI=1S/C22H22N4O6/c1-31-22-19(32-13-20(28)25-11-10-15(27)12-25)9-7-14(21(22)26(29)30)6-8-18-16-4-2-3-5-17(16)23-24-18/h2-9,15,27H,10-13H2,1H3,(H,23,24). The third-order valence-corrected chi connectivity index (χ3v) is 5.30. The highest BCUT2D eigenvalue weighted by molar-refractivity contribution is 5.90. The number of hydrogen-bond donors (Lipinski definition) is 2. The normalized spacial score (nSPS) is 16.1. The van der Waals surface area contributed by atoms with Crippen LogP contribution in [0.1, 0.15) is 17.7 Å². The molecule has 10 nitrogen and oxygen atoms in total. The van der Waals surface area contributed by atoms with E-state index in [1.54, 1.807) is 12.2 Å². The summed E-state index contributed by atoms with van der Waals surface area (Å²) in [5, 5.41) is 29.4. The van der Waals surface area contributed by atoms with Gasteiger partial charge >= 0.3 is 5.69 Å². The number of carbonyl (C=O) groups is 1. The number of hydrogen-bond acceptors (Lipinski definition) is 7. The lowest BCUT2D eigenvalue weighted by Crippen LogP contribution is -2.33. The molecule has 1 aromatic heterocycles. The minimum atomic E-state index is -0.549. The first kappa shape index (κ1) is 21.3. The molecule has 1 aliphatic rings. The van der Waals surface area contributed by atoms with Crippen molar-refractivity contribution in [2.75, 3.05) is 26.8 Å². The number of ether oxygens (including phenoxy) is 2. The summed E-state index contributed by atoms with van der Waals surface area (Å²) < 4.78 is 10.8. The van der Waals surface area contributed by atoms with Gasteiger partial charge < -0.3 is 19.5 Å². The van der Waals surface area contributed by atoms with Crippen LogP contribution in [0.15, 0.2) is 36.4 Å². The van der Waals surface area contributed by atoms with E-state index in [-0.39, 0.29) is 36.2 Å². The molecule has 0 spiro atoms. The minimum absolute atomic E-state index is 0.0710. The summed E-state index contributed by atoms with van der Waals surface area (Å²) in [5.74, 6) is -0.284. The lowest BCUT2D eigenvalue weighted by atomic mass is 10.1. The fourth-order valence-corrected chi connectivity index (χ4v) is 3.68. The number of aliphatic hydroxyl groups excluding tert-OH is 1. The van der Waals surface area contributed by atoms with Crippen molar-refractivity contribution < 1.29 is 24.3 Å². The van der Waals surface area contributed by atoms with Gasteiger partial charge in [0, 0.05) is 18.5 Å². The van der Waals surface area contributed by atoms with Crippen LogP contribution in [0.25, 0.3) is 23.1 Å². The van der Waals surface area contributed by atoms with Crippen LogP contribution >= 0.6 is 0 Å². The Kier molecular flexibility index (Phi) is 6.04. The van der Waals surface area contributed by atoms with Gasteiger partial charge in [0.05, 0.1) is 34.9 Å². The van der Waals surface area contributed by atoms with Crippen molar-refractivity contribution in [2.45, 2.75) is 12.5 Å². The molecular formula is C22H22N4O6. The number of methoxy groups -OCH3 is 1. The van der Waals surface area contributed by atoms with Crippen LogP contribution in [-0.4, -0.2) is 63.9 Å². The first-order chi connectivity index (χ1) is 15.5. The fourth-order valence-electron chi connectivity index (χ4n) is 3.68. The molecule has 0 saturated carbocycles. The second-order valence-electron chi connectivity index (χ2n) is 7.35. The highest BCUT2D eigenvalue weighted by Crippen LogP contribution is 2.40. The summed E-state index contributed by atoms with van der Waals surface area (Å²) >= 11 is 0. The molecule has 10 heteroatoms. The number of H-pyrrole nitrogens is 1. The molecule has 1 unspecified atom stereocenters. The lowest BCUT2D eigenvalue weighted by molar-refractivity contribution is -0.386. The number of rotatable bonds is 7. The van der Waals surface area contributed by atoms with Gasteiger partial charge in [-0.1, -0.05) is 18.2 Å². The quantitative estimate of drug-likeness (QED) is 0.428. The van der Waals surface area contributed by atoms with Gasteiger partial charge in [-0.2, -0.15) is 5.10 Å². The van der Waals surface area contributed by atoms with Crippen LogP contribution in [0.2, 0.25) is 0 Å². The van der Waals surface area contributed by atoms with Crippen LogP contribution in [0, 0.1) is 10.1 Å². The van der Waals surface area contributed by atoms with Crippen LogP contribution in [0.5, 0.6) is 11.5 Å². The van der Waals surface area contributed by atoms with E-state index >= 15 is 0 Å². The maximum Gasteiger partial charge on any atom is 0.322 e. The number of nitro benzene ring substituents is 1. The largest absolute Gasteiger partial charge is 0.488 e. The zero-order valence-corrected chi connectivity index (χ0v) is 17.4. The number of para-hydroxylation sites is 1. The van der Waals surface area contributed by atoms with E-state index in [0.29, 0.717) is 24.2 Å². The number of aliphatic hydroxyl groups is 1. The predicted molar refractivity (Wildman–Crippen MR) is 117 cm³/mol. The van der Waals surface area contributed by atoms with Gasteiger partial charge in [-0.3, -0.25) is 20.0 Å². The number of fused-ring (bicyclic) bond motifs is 1. The average molecular weight is 438 g/mol. The zero-order valence-electron chi connectivity index (χ0n) is 17.4. The van der Waals surface area contributed by atoms with E-state index in [1.165, 1.54) is 24.1 Å². The number of nitro groups is 1. The Morgan fingerprint density at radius 1 is 1.34 bits per heavy atom. The van der Waals surface area contributed by atoms with Crippen molar-refractivity contribution in [1.82, 2.24) is 15.1 Å². The Balaban J connectivity index is 1.59. The predicted octanol–water partition coefficient (Wildman–Crippen LogP) is 2.62. The smallest absolute Gasteiger partial charge is 0.322 e. The molecule has 166 valence electrons. The van der Waals surface area contributed by atoms with E-state index in [1.807, 2.05) is 24.3 Å². The van der Waals surface area contributed by atoms with Gasteiger partial charge in [0.25, 0.3) is 5.91 Å². The van der Waals surface area contributed by atoms with Gasteiger partial charge in [0.2, 0.25) is 5.75 Å². The Morgan fingerprint density at radius 2 is 2.16 bits per heavy atom. The number of amides is 1. The average Bonchev–Trinajstić information content (AvgIpc) is 3.41. The first-order valence-electron chi connectivity index (χ1n) is 10.0. The summed E-state index contributed by atoms with van der Waals surface area (Å²) in [6, 6.07) is 10.6. The fraction of sp³-hybridized carbons (Fsp3) is 0.273. The van der Waals surface area contributed by atoms with Gasteiger partial charge in [0.1, 0.15) is 0 Å². The molecule has 0 aliphatic carbocycles. The topological polar surface area (TPSA) is 131 Å². The maximum atomic E-state index is 12.3. The number of β-amino-alcohol motifs (C(OH)–C–C–N with tert-alkyl or cyclic N) is 1. The number of aromatic nitrogens is 2. The number of likely N-dealkylation sites (tertiary alicyclic amines) is 1. The first-order valence-corrected chi connectivity index (χ1v) is 10.0. The second kappa shape index (κ2) is 9.06. The molecule has 3 aromatic rings. The number of nitrogens with one attached hydrogen (secondary N) is 1. The molecule has 4 rings (SSSR count). The van der Waals surface area contributed by atoms with E-state index < -0.39 is 11.0 Å². The Morgan fingerprint density at radius 3 is 2.88 bits per heavy atom. The lowest BCUT2D eigenvalue weighted by Gasteiger charge is -2.17. The summed E-state index contributed by atoms with van der Waals surface area (Å²) in [6.07, 6.45) is 3.26. The third kappa shape index (κ3) is 4.26. The molecule has 1 saturated heterocycles. The van der Waals surface area contributed by atoms with Gasteiger partial charge in [-0.25, -0.2) is 0 Å². The molecule has 2 aromatic carbocycles. The van der Waals surface area contributed by atoms with Gasteiger partial charge in [-0.05, 0) is 36.8 Å². The van der Waals surface area contributed by atoms with Crippen molar-refractivity contribution in [3.05, 3.63) is 57.8 Å². The molecule has 32 heavy (non-hydrogen) atoms. The zero-order chi connectivity index (χ0) is 22.7. The van der Waals surface area contributed by atoms with Crippen LogP contribution in [-0.2, 0) is 4.79 Å². The van der Waals surface area contributed by atoms with Gasteiger partial charge in [0.15, 0.2) is 12.4 Å².